The fourth-order valence-electron chi connectivity index (χ4n) is 8.76. The van der Waals surface area contributed by atoms with E-state index >= 15 is 0 Å². The van der Waals surface area contributed by atoms with Crippen molar-refractivity contribution in [3.05, 3.63) is 72.3 Å². The number of carbonyl (C=O) groups excluding carboxylic acids is 3. The molecule has 0 unspecified atom stereocenters. The Morgan fingerprint density at radius 1 is 0.765 bits per heavy atom. The maximum absolute atomic E-state index is 13.4. The SMILES string of the molecule is COC(=O)N[C@H]1CC[C@H]2CC[C@@H](c3nc4ccc(-c5ccc(-c6ccc7nc([C@@H]8CCCN8C(=O)[C@@H]8CCCN8)[nH]c7c6)cc5)cc4[nH]3)N2C1=O. The van der Waals surface area contributed by atoms with Crippen LogP contribution in [0.3, 0.4) is 0 Å². The number of nitrogens with zero attached hydrogens (tertiary/aromatic N) is 4. The molecule has 51 heavy (non-hydrogen) atoms. The predicted octanol–water partition coefficient (Wildman–Crippen LogP) is 5.74. The fraction of sp³-hybridized carbons (Fsp3) is 0.410. The number of aromatic amines is 2. The van der Waals surface area contributed by atoms with E-state index in [9.17, 15) is 14.4 Å². The highest BCUT2D eigenvalue weighted by atomic mass is 16.5. The molecule has 4 fully saturated rings. The lowest BCUT2D eigenvalue weighted by atomic mass is 9.98. The summed E-state index contributed by atoms with van der Waals surface area (Å²) >= 11 is 0. The molecule has 4 aliphatic heterocycles. The second kappa shape index (κ2) is 12.8. The summed E-state index contributed by atoms with van der Waals surface area (Å²) in [6.07, 6.45) is 6.50. The predicted molar refractivity (Wildman–Crippen MR) is 193 cm³/mol. The molecule has 3 aromatic carbocycles. The third-order valence-electron chi connectivity index (χ3n) is 11.4. The average molecular weight is 687 g/mol. The van der Waals surface area contributed by atoms with Crippen LogP contribution in [0.1, 0.15) is 75.1 Å². The van der Waals surface area contributed by atoms with Crippen molar-refractivity contribution in [3.63, 3.8) is 0 Å². The molecule has 5 aromatic rings. The summed E-state index contributed by atoms with van der Waals surface area (Å²) in [5, 5.41) is 6.06. The molecular formula is C39H42N8O4. The van der Waals surface area contributed by atoms with Crippen molar-refractivity contribution < 1.29 is 19.1 Å². The smallest absolute Gasteiger partial charge is 0.407 e. The lowest BCUT2D eigenvalue weighted by Crippen LogP contribution is -2.54. The maximum atomic E-state index is 13.4. The number of alkyl carbamates (subject to hydrolysis) is 1. The topological polar surface area (TPSA) is 148 Å². The zero-order valence-corrected chi connectivity index (χ0v) is 28.7. The lowest BCUT2D eigenvalue weighted by Gasteiger charge is -2.37. The summed E-state index contributed by atoms with van der Waals surface area (Å²) in [4.78, 5) is 59.3. The van der Waals surface area contributed by atoms with E-state index in [0.717, 1.165) is 114 Å². The van der Waals surface area contributed by atoms with Crippen LogP contribution in [0.4, 0.5) is 4.79 Å². The van der Waals surface area contributed by atoms with Gasteiger partial charge in [0.15, 0.2) is 0 Å². The molecule has 4 N–H and O–H groups in total. The number of carbonyl (C=O) groups is 3. The van der Waals surface area contributed by atoms with Crippen LogP contribution >= 0.6 is 0 Å². The number of aromatic nitrogens is 4. The van der Waals surface area contributed by atoms with Gasteiger partial charge in [-0.15, -0.1) is 0 Å². The van der Waals surface area contributed by atoms with E-state index in [1.54, 1.807) is 0 Å². The van der Waals surface area contributed by atoms with Crippen molar-refractivity contribution in [2.24, 2.45) is 0 Å². The zero-order chi connectivity index (χ0) is 34.6. The maximum Gasteiger partial charge on any atom is 0.407 e. The minimum atomic E-state index is -0.585. The standard InChI is InChI=1S/C39H42N8O4/c1-51-39(50)45-30-16-12-26-13-17-34(47(26)38(30)49)36-42-28-15-11-25(21-32(28)44-36)23-8-6-22(7-9-23)24-10-14-27-31(20-24)43-35(41-27)33-5-3-19-46(33)37(48)29-4-2-18-40-29/h6-11,14-15,20-21,26,29-30,33-34,40H,2-5,12-13,16-19H2,1H3,(H,41,43)(H,42,44)(H,45,50)/t26-,29-,30-,33-,34-/m0/s1. The van der Waals surface area contributed by atoms with E-state index in [1.807, 2.05) is 15.9 Å². The quantitative estimate of drug-likeness (QED) is 0.178. The molecule has 0 saturated carbocycles. The Labute approximate surface area is 295 Å². The second-order valence-corrected chi connectivity index (χ2v) is 14.4. The summed E-state index contributed by atoms with van der Waals surface area (Å²) in [6.45, 7) is 1.69. The third-order valence-corrected chi connectivity index (χ3v) is 11.4. The van der Waals surface area contributed by atoms with E-state index in [4.69, 9.17) is 14.7 Å². The number of rotatable bonds is 6. The van der Waals surface area contributed by atoms with Gasteiger partial charge in [0.1, 0.15) is 17.7 Å². The molecule has 12 nitrogen and oxygen atoms in total. The highest BCUT2D eigenvalue weighted by Crippen LogP contribution is 2.41. The van der Waals surface area contributed by atoms with Crippen molar-refractivity contribution in [1.82, 2.24) is 40.4 Å². The molecule has 0 radical (unpaired) electrons. The van der Waals surface area contributed by atoms with Crippen molar-refractivity contribution in [3.8, 4) is 22.3 Å². The van der Waals surface area contributed by atoms with Crippen molar-refractivity contribution in [1.29, 1.82) is 0 Å². The van der Waals surface area contributed by atoms with Crippen LogP contribution in [0, 0.1) is 0 Å². The summed E-state index contributed by atoms with van der Waals surface area (Å²) < 4.78 is 4.74. The Morgan fingerprint density at radius 2 is 1.39 bits per heavy atom. The normalized spacial score (nSPS) is 24.8. The molecule has 0 bridgehead atoms. The number of H-pyrrole nitrogens is 2. The Morgan fingerprint density at radius 3 is 2.02 bits per heavy atom. The second-order valence-electron chi connectivity index (χ2n) is 14.4. The van der Waals surface area contributed by atoms with Crippen molar-refractivity contribution in [2.45, 2.75) is 81.6 Å². The highest BCUT2D eigenvalue weighted by molar-refractivity contribution is 5.88. The number of imidazole rings is 2. The zero-order valence-electron chi connectivity index (χ0n) is 28.7. The Balaban J connectivity index is 0.916. The van der Waals surface area contributed by atoms with Crippen molar-refractivity contribution in [2.75, 3.05) is 20.2 Å². The largest absolute Gasteiger partial charge is 0.453 e. The highest BCUT2D eigenvalue weighted by Gasteiger charge is 2.45. The number of amides is 3. The fourth-order valence-corrected chi connectivity index (χ4v) is 8.76. The number of piperidine rings is 1. The van der Waals surface area contributed by atoms with Gasteiger partial charge in [-0.05, 0) is 104 Å². The van der Waals surface area contributed by atoms with Crippen LogP contribution in [0.15, 0.2) is 60.7 Å². The van der Waals surface area contributed by atoms with Gasteiger partial charge in [0.25, 0.3) is 0 Å². The van der Waals surface area contributed by atoms with Gasteiger partial charge >= 0.3 is 6.09 Å². The molecule has 0 spiro atoms. The Hall–Kier alpha value is -5.23. The van der Waals surface area contributed by atoms with Gasteiger partial charge in [0.05, 0.1) is 47.3 Å². The molecule has 6 heterocycles. The van der Waals surface area contributed by atoms with Gasteiger partial charge in [-0.2, -0.15) is 0 Å². The van der Waals surface area contributed by atoms with Gasteiger partial charge < -0.3 is 35.1 Å². The van der Waals surface area contributed by atoms with Gasteiger partial charge in [-0.3, -0.25) is 9.59 Å². The first kappa shape index (κ1) is 31.7. The molecule has 2 aromatic heterocycles. The van der Waals surface area contributed by atoms with E-state index in [0.29, 0.717) is 6.42 Å². The van der Waals surface area contributed by atoms with E-state index in [-0.39, 0.29) is 36.0 Å². The summed E-state index contributed by atoms with van der Waals surface area (Å²) in [7, 11) is 1.31. The number of benzene rings is 3. The molecule has 5 atom stereocenters. The molecule has 4 aliphatic rings. The number of nitrogens with one attached hydrogen (secondary N) is 4. The molecular weight excluding hydrogens is 644 g/mol. The minimum Gasteiger partial charge on any atom is -0.453 e. The number of likely N-dealkylation sites (tertiary alicyclic amines) is 1. The van der Waals surface area contributed by atoms with E-state index in [1.165, 1.54) is 7.11 Å². The minimum absolute atomic E-state index is 0.0108. The number of hydrogen-bond donors (Lipinski definition) is 4. The molecule has 3 amide bonds. The van der Waals surface area contributed by atoms with Crippen LogP contribution in [0.5, 0.6) is 0 Å². The van der Waals surface area contributed by atoms with Gasteiger partial charge in [0.2, 0.25) is 11.8 Å². The molecule has 262 valence electrons. The molecule has 9 rings (SSSR count). The average Bonchev–Trinajstić information content (AvgIpc) is 4.00. The first-order chi connectivity index (χ1) is 24.9. The van der Waals surface area contributed by atoms with Crippen LogP contribution < -0.4 is 10.6 Å². The van der Waals surface area contributed by atoms with Crippen LogP contribution in [-0.4, -0.2) is 86.0 Å². The Kier molecular flexibility index (Phi) is 7.98. The first-order valence-corrected chi connectivity index (χ1v) is 18.2. The molecule has 4 saturated heterocycles. The van der Waals surface area contributed by atoms with E-state index in [2.05, 4.69) is 75.2 Å². The third kappa shape index (κ3) is 5.71. The summed E-state index contributed by atoms with van der Waals surface area (Å²) in [5.41, 5.74) is 8.02. The van der Waals surface area contributed by atoms with Gasteiger partial charge in [0, 0.05) is 12.6 Å². The number of methoxy groups -OCH3 is 1. The van der Waals surface area contributed by atoms with Crippen LogP contribution in [0.2, 0.25) is 0 Å². The number of ether oxygens (including phenoxy) is 1. The first-order valence-electron chi connectivity index (χ1n) is 18.2. The van der Waals surface area contributed by atoms with Crippen molar-refractivity contribution >= 4 is 40.0 Å². The summed E-state index contributed by atoms with van der Waals surface area (Å²) in [5.74, 6) is 1.78. The van der Waals surface area contributed by atoms with Gasteiger partial charge in [-0.25, -0.2) is 14.8 Å². The monoisotopic (exact) mass is 686 g/mol. The van der Waals surface area contributed by atoms with Crippen LogP contribution in [-0.2, 0) is 14.3 Å². The lowest BCUT2D eigenvalue weighted by molar-refractivity contribution is -0.139. The summed E-state index contributed by atoms with van der Waals surface area (Å²) in [6, 6.07) is 20.4. The molecule has 12 heteroatoms. The Bertz CT molecular complexity index is 2130. The number of hydrogen-bond acceptors (Lipinski definition) is 7. The van der Waals surface area contributed by atoms with Gasteiger partial charge in [-0.1, -0.05) is 36.4 Å². The number of fused-ring (bicyclic) bond motifs is 3. The van der Waals surface area contributed by atoms with Crippen LogP contribution in [0.25, 0.3) is 44.3 Å². The molecule has 0 aliphatic carbocycles. The van der Waals surface area contributed by atoms with E-state index < -0.39 is 12.1 Å².